The maximum atomic E-state index is 11.0. The number of carboxylic acids is 1. The zero-order valence-electron chi connectivity index (χ0n) is 8.75. The Labute approximate surface area is 84.0 Å². The average Bonchev–Trinajstić information content (AvgIpc) is 2.19. The van der Waals surface area contributed by atoms with E-state index in [0.717, 1.165) is 13.1 Å². The van der Waals surface area contributed by atoms with Crippen molar-refractivity contribution in [3.8, 4) is 0 Å². The van der Waals surface area contributed by atoms with Crippen LogP contribution in [0.4, 0.5) is 0 Å². The Morgan fingerprint density at radius 1 is 1.57 bits per heavy atom. The van der Waals surface area contributed by atoms with Gasteiger partial charge >= 0.3 is 5.97 Å². The summed E-state index contributed by atoms with van der Waals surface area (Å²) in [5.41, 5.74) is -0.864. The van der Waals surface area contributed by atoms with Crippen LogP contribution >= 0.6 is 0 Å². The summed E-state index contributed by atoms with van der Waals surface area (Å²) in [7, 11) is 1.68. The van der Waals surface area contributed by atoms with Crippen LogP contribution in [0, 0.1) is 0 Å². The van der Waals surface area contributed by atoms with E-state index in [1.165, 1.54) is 0 Å². The van der Waals surface area contributed by atoms with E-state index in [0.29, 0.717) is 19.8 Å². The van der Waals surface area contributed by atoms with E-state index in [4.69, 9.17) is 9.84 Å². The molecule has 0 aromatic rings. The lowest BCUT2D eigenvalue weighted by atomic mass is 10.0. The topological polar surface area (TPSA) is 61.8 Å². The number of ether oxygens (including phenoxy) is 1. The summed E-state index contributed by atoms with van der Waals surface area (Å²) in [5.74, 6) is -0.813. The van der Waals surface area contributed by atoms with Crippen molar-refractivity contribution >= 4 is 5.97 Å². The fraction of sp³-hybridized carbons (Fsp3) is 0.889. The number of likely N-dealkylation sites (N-methyl/N-ethyl adjacent to an activating group) is 1. The molecule has 2 N–H and O–H groups in total. The van der Waals surface area contributed by atoms with Gasteiger partial charge in [-0.25, -0.2) is 0 Å². The van der Waals surface area contributed by atoms with Crippen LogP contribution in [-0.2, 0) is 9.53 Å². The molecule has 1 rings (SSSR count). The summed E-state index contributed by atoms with van der Waals surface area (Å²) in [4.78, 5) is 13.1. The minimum Gasteiger partial charge on any atom is -0.480 e. The summed E-state index contributed by atoms with van der Waals surface area (Å²) in [6.07, 6.45) is 0. The van der Waals surface area contributed by atoms with Crippen LogP contribution in [0.2, 0.25) is 0 Å². The molecule has 0 bridgehead atoms. The van der Waals surface area contributed by atoms with Crippen molar-refractivity contribution in [3.63, 3.8) is 0 Å². The molecule has 5 nitrogen and oxygen atoms in total. The van der Waals surface area contributed by atoms with Gasteiger partial charge in [-0.2, -0.15) is 0 Å². The van der Waals surface area contributed by atoms with Crippen LogP contribution in [0.15, 0.2) is 0 Å². The first-order valence-electron chi connectivity index (χ1n) is 4.81. The molecule has 0 radical (unpaired) electrons. The molecular formula is C9H18N2O3. The van der Waals surface area contributed by atoms with Crippen molar-refractivity contribution < 1.29 is 14.6 Å². The first-order valence-corrected chi connectivity index (χ1v) is 4.81. The SMILES string of the molecule is CNC(C)(CN1CCOCC1)C(=O)O. The number of hydrogen-bond acceptors (Lipinski definition) is 4. The average molecular weight is 202 g/mol. The summed E-state index contributed by atoms with van der Waals surface area (Å²) in [6.45, 7) is 5.22. The molecule has 1 heterocycles. The standard InChI is InChI=1S/C9H18N2O3/c1-9(10-2,8(12)13)7-11-3-5-14-6-4-11/h10H,3-7H2,1-2H3,(H,12,13). The molecule has 1 saturated heterocycles. The van der Waals surface area contributed by atoms with Gasteiger partial charge in [-0.15, -0.1) is 0 Å². The lowest BCUT2D eigenvalue weighted by molar-refractivity contribution is -0.145. The van der Waals surface area contributed by atoms with Crippen molar-refractivity contribution in [1.29, 1.82) is 0 Å². The van der Waals surface area contributed by atoms with Gasteiger partial charge in [0.25, 0.3) is 0 Å². The molecule has 1 atom stereocenters. The summed E-state index contributed by atoms with van der Waals surface area (Å²) in [5, 5.41) is 11.9. The molecule has 0 spiro atoms. The molecular weight excluding hydrogens is 184 g/mol. The van der Waals surface area contributed by atoms with E-state index in [9.17, 15) is 4.79 Å². The van der Waals surface area contributed by atoms with E-state index in [1.807, 2.05) is 0 Å². The maximum Gasteiger partial charge on any atom is 0.324 e. The Kier molecular flexibility index (Phi) is 3.86. The van der Waals surface area contributed by atoms with Crippen molar-refractivity contribution in [2.75, 3.05) is 39.9 Å². The summed E-state index contributed by atoms with van der Waals surface area (Å²) < 4.78 is 5.20. The van der Waals surface area contributed by atoms with Gasteiger partial charge in [0.15, 0.2) is 0 Å². The molecule has 0 aromatic heterocycles. The van der Waals surface area contributed by atoms with Crippen LogP contribution < -0.4 is 5.32 Å². The second-order valence-electron chi connectivity index (χ2n) is 3.78. The Bertz CT molecular complexity index is 204. The summed E-state index contributed by atoms with van der Waals surface area (Å²) in [6, 6.07) is 0. The second-order valence-corrected chi connectivity index (χ2v) is 3.78. The fourth-order valence-electron chi connectivity index (χ4n) is 1.46. The smallest absolute Gasteiger partial charge is 0.324 e. The third-order valence-electron chi connectivity index (χ3n) is 2.67. The number of carbonyl (C=O) groups is 1. The predicted molar refractivity (Wildman–Crippen MR) is 52.4 cm³/mol. The fourth-order valence-corrected chi connectivity index (χ4v) is 1.46. The number of carboxylic acid groups (broad SMARTS) is 1. The van der Waals surface area contributed by atoms with Crippen LogP contribution in [0.3, 0.4) is 0 Å². The number of nitrogens with one attached hydrogen (secondary N) is 1. The molecule has 0 aliphatic carbocycles. The third-order valence-corrected chi connectivity index (χ3v) is 2.67. The molecule has 82 valence electrons. The molecule has 1 aliphatic heterocycles. The maximum absolute atomic E-state index is 11.0. The number of morpholine rings is 1. The van der Waals surface area contributed by atoms with Gasteiger partial charge in [0.05, 0.1) is 13.2 Å². The van der Waals surface area contributed by atoms with E-state index in [2.05, 4.69) is 10.2 Å². The van der Waals surface area contributed by atoms with Crippen molar-refractivity contribution in [1.82, 2.24) is 10.2 Å². The van der Waals surface area contributed by atoms with Crippen molar-refractivity contribution in [2.24, 2.45) is 0 Å². The Balaban J connectivity index is 2.50. The highest BCUT2D eigenvalue weighted by Gasteiger charge is 2.33. The van der Waals surface area contributed by atoms with E-state index < -0.39 is 11.5 Å². The minimum absolute atomic E-state index is 0.516. The van der Waals surface area contributed by atoms with Crippen LogP contribution in [0.25, 0.3) is 0 Å². The first kappa shape index (κ1) is 11.4. The van der Waals surface area contributed by atoms with Gasteiger partial charge in [0, 0.05) is 19.6 Å². The van der Waals surface area contributed by atoms with Gasteiger partial charge in [0.2, 0.25) is 0 Å². The molecule has 0 saturated carbocycles. The molecule has 14 heavy (non-hydrogen) atoms. The largest absolute Gasteiger partial charge is 0.480 e. The normalized spacial score (nSPS) is 23.0. The van der Waals surface area contributed by atoms with E-state index in [1.54, 1.807) is 14.0 Å². The molecule has 1 unspecified atom stereocenters. The molecule has 0 amide bonds. The van der Waals surface area contributed by atoms with Crippen LogP contribution in [-0.4, -0.2) is 61.4 Å². The molecule has 1 aliphatic rings. The molecule has 5 heteroatoms. The monoisotopic (exact) mass is 202 g/mol. The minimum atomic E-state index is -0.864. The second kappa shape index (κ2) is 4.72. The lowest BCUT2D eigenvalue weighted by Crippen LogP contribution is -2.57. The third kappa shape index (κ3) is 2.67. The van der Waals surface area contributed by atoms with Gasteiger partial charge in [-0.3, -0.25) is 9.69 Å². The van der Waals surface area contributed by atoms with Gasteiger partial charge in [-0.05, 0) is 14.0 Å². The lowest BCUT2D eigenvalue weighted by Gasteiger charge is -2.34. The van der Waals surface area contributed by atoms with Gasteiger partial charge in [0.1, 0.15) is 5.54 Å². The number of aliphatic carboxylic acids is 1. The molecule has 1 fully saturated rings. The number of hydrogen-bond donors (Lipinski definition) is 2. The van der Waals surface area contributed by atoms with Crippen molar-refractivity contribution in [3.05, 3.63) is 0 Å². The highest BCUT2D eigenvalue weighted by atomic mass is 16.5. The Hall–Kier alpha value is -0.650. The first-order chi connectivity index (χ1) is 6.58. The predicted octanol–water partition coefficient (Wildman–Crippen LogP) is -0.619. The zero-order chi connectivity index (χ0) is 10.6. The Morgan fingerprint density at radius 3 is 2.57 bits per heavy atom. The van der Waals surface area contributed by atoms with Crippen molar-refractivity contribution in [2.45, 2.75) is 12.5 Å². The number of rotatable bonds is 4. The van der Waals surface area contributed by atoms with Crippen LogP contribution in [0.1, 0.15) is 6.92 Å². The zero-order valence-corrected chi connectivity index (χ0v) is 8.75. The number of nitrogens with zero attached hydrogens (tertiary/aromatic N) is 1. The van der Waals surface area contributed by atoms with E-state index in [-0.39, 0.29) is 0 Å². The molecule has 0 aromatic carbocycles. The van der Waals surface area contributed by atoms with Crippen LogP contribution in [0.5, 0.6) is 0 Å². The van der Waals surface area contributed by atoms with Gasteiger partial charge < -0.3 is 15.2 Å². The highest BCUT2D eigenvalue weighted by molar-refractivity contribution is 5.78. The van der Waals surface area contributed by atoms with Gasteiger partial charge in [-0.1, -0.05) is 0 Å². The Morgan fingerprint density at radius 2 is 2.14 bits per heavy atom. The van der Waals surface area contributed by atoms with E-state index >= 15 is 0 Å². The quantitative estimate of drug-likeness (QED) is 0.636. The highest BCUT2D eigenvalue weighted by Crippen LogP contribution is 2.08. The summed E-state index contributed by atoms with van der Waals surface area (Å²) >= 11 is 0.